The number of benzene rings is 2. The molecule has 0 atom stereocenters. The van der Waals surface area contributed by atoms with Crippen molar-refractivity contribution >= 4 is 28.2 Å². The summed E-state index contributed by atoms with van der Waals surface area (Å²) in [5, 5.41) is 1.64. The van der Waals surface area contributed by atoms with Gasteiger partial charge in [-0.25, -0.2) is 4.98 Å². The van der Waals surface area contributed by atoms with Crippen molar-refractivity contribution in [1.82, 2.24) is 4.98 Å². The van der Waals surface area contributed by atoms with E-state index in [4.69, 9.17) is 11.6 Å². The molecule has 0 aliphatic carbocycles. The molecule has 2 aromatic carbocycles. The average molecular weight is 283 g/mol. The number of rotatable bonds is 2. The highest BCUT2D eigenvalue weighted by Gasteiger charge is 2.08. The molecular weight excluding hydrogens is 268 g/mol. The highest BCUT2D eigenvalue weighted by Crippen LogP contribution is 2.30. The summed E-state index contributed by atoms with van der Waals surface area (Å²) in [7, 11) is 4.03. The molecule has 0 aliphatic rings. The second kappa shape index (κ2) is 5.14. The largest absolute Gasteiger partial charge is 0.378 e. The summed E-state index contributed by atoms with van der Waals surface area (Å²) in [6.07, 6.45) is 0. The first-order chi connectivity index (χ1) is 9.65. The summed E-state index contributed by atoms with van der Waals surface area (Å²) in [6, 6.07) is 18.4. The van der Waals surface area contributed by atoms with Crippen LogP contribution in [0.5, 0.6) is 0 Å². The van der Waals surface area contributed by atoms with Crippen LogP contribution in [0.15, 0.2) is 54.6 Å². The van der Waals surface area contributed by atoms with Crippen molar-refractivity contribution < 1.29 is 0 Å². The zero-order valence-electron chi connectivity index (χ0n) is 11.5. The van der Waals surface area contributed by atoms with Crippen LogP contribution in [0.3, 0.4) is 0 Å². The smallest absolute Gasteiger partial charge is 0.137 e. The lowest BCUT2D eigenvalue weighted by Crippen LogP contribution is -2.08. The van der Waals surface area contributed by atoms with Gasteiger partial charge in [0.05, 0.1) is 5.52 Å². The molecule has 3 aromatic rings. The number of fused-ring (bicyclic) bond motifs is 1. The first-order valence-corrected chi connectivity index (χ1v) is 6.86. The lowest BCUT2D eigenvalue weighted by atomic mass is 10.1. The maximum Gasteiger partial charge on any atom is 0.137 e. The van der Waals surface area contributed by atoms with E-state index < -0.39 is 0 Å². The number of anilines is 1. The van der Waals surface area contributed by atoms with Crippen molar-refractivity contribution in [3.8, 4) is 11.1 Å². The number of hydrogen-bond donors (Lipinski definition) is 0. The molecule has 0 fully saturated rings. The molecule has 0 aliphatic heterocycles. The SMILES string of the molecule is CN(C)c1ccc2cc(-c3ccccc3)c(Cl)nc2c1. The highest BCUT2D eigenvalue weighted by molar-refractivity contribution is 6.32. The van der Waals surface area contributed by atoms with Crippen molar-refractivity contribution in [3.05, 3.63) is 59.8 Å². The van der Waals surface area contributed by atoms with Crippen LogP contribution in [-0.2, 0) is 0 Å². The predicted molar refractivity (Wildman–Crippen MR) is 86.5 cm³/mol. The van der Waals surface area contributed by atoms with Gasteiger partial charge in [0.15, 0.2) is 0 Å². The summed E-state index contributed by atoms with van der Waals surface area (Å²) in [4.78, 5) is 6.59. The molecule has 3 rings (SSSR count). The molecule has 20 heavy (non-hydrogen) atoms. The standard InChI is InChI=1S/C17H15ClN2/c1-20(2)14-9-8-13-10-15(12-6-4-3-5-7-12)17(18)19-16(13)11-14/h3-11H,1-2H3. The Morgan fingerprint density at radius 2 is 1.70 bits per heavy atom. The van der Waals surface area contributed by atoms with E-state index in [2.05, 4.69) is 34.1 Å². The van der Waals surface area contributed by atoms with Gasteiger partial charge in [-0.15, -0.1) is 0 Å². The van der Waals surface area contributed by atoms with Crippen LogP contribution in [0.1, 0.15) is 0 Å². The Kier molecular flexibility index (Phi) is 3.33. The minimum absolute atomic E-state index is 0.541. The molecule has 0 saturated heterocycles. The Labute approximate surface area is 123 Å². The van der Waals surface area contributed by atoms with Gasteiger partial charge in [-0.3, -0.25) is 0 Å². The zero-order valence-corrected chi connectivity index (χ0v) is 12.2. The summed E-state index contributed by atoms with van der Waals surface area (Å²) in [5.74, 6) is 0. The maximum atomic E-state index is 6.34. The molecule has 3 heteroatoms. The first-order valence-electron chi connectivity index (χ1n) is 6.48. The van der Waals surface area contributed by atoms with E-state index in [-0.39, 0.29) is 0 Å². The first kappa shape index (κ1) is 12.9. The maximum absolute atomic E-state index is 6.34. The Hall–Kier alpha value is -2.06. The monoisotopic (exact) mass is 282 g/mol. The third-order valence-corrected chi connectivity index (χ3v) is 3.64. The molecule has 0 saturated carbocycles. The predicted octanol–water partition coefficient (Wildman–Crippen LogP) is 4.62. The van der Waals surface area contributed by atoms with Crippen LogP contribution < -0.4 is 4.90 Å². The molecule has 0 amide bonds. The van der Waals surface area contributed by atoms with Crippen LogP contribution in [-0.4, -0.2) is 19.1 Å². The minimum atomic E-state index is 0.541. The van der Waals surface area contributed by atoms with Gasteiger partial charge < -0.3 is 4.90 Å². The van der Waals surface area contributed by atoms with Crippen LogP contribution >= 0.6 is 11.6 Å². The fraction of sp³-hybridized carbons (Fsp3) is 0.118. The van der Waals surface area contributed by atoms with Crippen molar-refractivity contribution in [1.29, 1.82) is 0 Å². The molecule has 1 aromatic heterocycles. The fourth-order valence-electron chi connectivity index (χ4n) is 2.23. The van der Waals surface area contributed by atoms with E-state index in [0.29, 0.717) is 5.15 Å². The van der Waals surface area contributed by atoms with Gasteiger partial charge in [-0.05, 0) is 23.8 Å². The van der Waals surface area contributed by atoms with Crippen molar-refractivity contribution in [2.45, 2.75) is 0 Å². The number of aromatic nitrogens is 1. The van der Waals surface area contributed by atoms with Crippen LogP contribution in [0, 0.1) is 0 Å². The molecule has 2 nitrogen and oxygen atoms in total. The summed E-state index contributed by atoms with van der Waals surface area (Å²) in [5.41, 5.74) is 4.09. The molecule has 0 N–H and O–H groups in total. The fourth-order valence-corrected chi connectivity index (χ4v) is 2.49. The van der Waals surface area contributed by atoms with Crippen LogP contribution in [0.2, 0.25) is 5.15 Å². The van der Waals surface area contributed by atoms with Gasteiger partial charge in [-0.1, -0.05) is 48.0 Å². The molecule has 0 unspecified atom stereocenters. The molecule has 1 heterocycles. The van der Waals surface area contributed by atoms with Crippen molar-refractivity contribution in [2.24, 2.45) is 0 Å². The summed E-state index contributed by atoms with van der Waals surface area (Å²) < 4.78 is 0. The number of pyridine rings is 1. The Morgan fingerprint density at radius 1 is 0.950 bits per heavy atom. The topological polar surface area (TPSA) is 16.1 Å². The lowest BCUT2D eigenvalue weighted by molar-refractivity contribution is 1.13. The Balaban J connectivity index is 2.18. The van der Waals surface area contributed by atoms with E-state index in [1.807, 2.05) is 44.4 Å². The summed E-state index contributed by atoms with van der Waals surface area (Å²) >= 11 is 6.34. The van der Waals surface area contributed by atoms with Gasteiger partial charge >= 0.3 is 0 Å². The normalized spacial score (nSPS) is 10.8. The number of nitrogens with zero attached hydrogens (tertiary/aromatic N) is 2. The lowest BCUT2D eigenvalue weighted by Gasteiger charge is -2.13. The van der Waals surface area contributed by atoms with E-state index in [1.54, 1.807) is 0 Å². The average Bonchev–Trinajstić information content (AvgIpc) is 2.46. The molecule has 0 bridgehead atoms. The number of halogens is 1. The third-order valence-electron chi connectivity index (χ3n) is 3.36. The van der Waals surface area contributed by atoms with Gasteiger partial charge in [0.25, 0.3) is 0 Å². The van der Waals surface area contributed by atoms with E-state index in [1.165, 1.54) is 0 Å². The van der Waals surface area contributed by atoms with E-state index in [0.717, 1.165) is 27.7 Å². The summed E-state index contributed by atoms with van der Waals surface area (Å²) in [6.45, 7) is 0. The van der Waals surface area contributed by atoms with Gasteiger partial charge in [0.1, 0.15) is 5.15 Å². The van der Waals surface area contributed by atoms with Crippen LogP contribution in [0.4, 0.5) is 5.69 Å². The van der Waals surface area contributed by atoms with Crippen molar-refractivity contribution in [3.63, 3.8) is 0 Å². The zero-order chi connectivity index (χ0) is 14.1. The molecular formula is C17H15ClN2. The molecule has 0 radical (unpaired) electrons. The van der Waals surface area contributed by atoms with Crippen molar-refractivity contribution in [2.75, 3.05) is 19.0 Å². The van der Waals surface area contributed by atoms with Gasteiger partial charge in [0.2, 0.25) is 0 Å². The molecule has 0 spiro atoms. The highest BCUT2D eigenvalue weighted by atomic mass is 35.5. The van der Waals surface area contributed by atoms with Gasteiger partial charge in [0, 0.05) is 30.7 Å². The Bertz CT molecular complexity index is 752. The van der Waals surface area contributed by atoms with Crippen LogP contribution in [0.25, 0.3) is 22.0 Å². The third kappa shape index (κ3) is 2.35. The van der Waals surface area contributed by atoms with E-state index in [9.17, 15) is 0 Å². The quantitative estimate of drug-likeness (QED) is 0.638. The van der Waals surface area contributed by atoms with Gasteiger partial charge in [-0.2, -0.15) is 0 Å². The van der Waals surface area contributed by atoms with E-state index >= 15 is 0 Å². The second-order valence-corrected chi connectivity index (χ2v) is 5.32. The Morgan fingerprint density at radius 3 is 2.40 bits per heavy atom. The molecule has 100 valence electrons. The second-order valence-electron chi connectivity index (χ2n) is 4.96. The minimum Gasteiger partial charge on any atom is -0.378 e. The number of hydrogen-bond acceptors (Lipinski definition) is 2.